The Kier molecular flexibility index (Phi) is 7.31. The number of aliphatic hydroxyl groups is 1. The van der Waals surface area contributed by atoms with Gasteiger partial charge in [0.15, 0.2) is 0 Å². The van der Waals surface area contributed by atoms with Gasteiger partial charge in [0.2, 0.25) is 11.8 Å². The van der Waals surface area contributed by atoms with Crippen LogP contribution in [-0.4, -0.2) is 41.9 Å². The van der Waals surface area contributed by atoms with Gasteiger partial charge < -0.3 is 15.2 Å². The Morgan fingerprint density at radius 3 is 2.35 bits per heavy atom. The summed E-state index contributed by atoms with van der Waals surface area (Å²) < 4.78 is 38.9. The lowest BCUT2D eigenvalue weighted by Gasteiger charge is -2.33. The van der Waals surface area contributed by atoms with Crippen LogP contribution in [0, 0.1) is 5.92 Å². The zero-order chi connectivity index (χ0) is 20.1. The number of amides is 2. The van der Waals surface area contributed by atoms with Crippen LogP contribution < -0.4 is 10.2 Å². The highest BCUT2D eigenvalue weighted by atomic mass is 19.4. The molecule has 0 fully saturated rings. The number of aliphatic hydroxyl groups excluding tert-OH is 1. The molecule has 6 nitrogen and oxygen atoms in total. The number of carbonyl (C=O) groups is 3. The Labute approximate surface area is 149 Å². The molecule has 0 aromatic heterocycles. The number of hydrogen-bond donors (Lipinski definition) is 2. The molecule has 0 radical (unpaired) electrons. The molecule has 26 heavy (non-hydrogen) atoms. The molecule has 0 aliphatic heterocycles. The molecule has 2 amide bonds. The van der Waals surface area contributed by atoms with Gasteiger partial charge in [0, 0.05) is 12.6 Å². The van der Waals surface area contributed by atoms with E-state index in [0.29, 0.717) is 6.29 Å². The Bertz CT molecular complexity index is 662. The first-order valence-corrected chi connectivity index (χ1v) is 7.86. The molecular weight excluding hydrogens is 353 g/mol. The monoisotopic (exact) mass is 374 g/mol. The van der Waals surface area contributed by atoms with Crippen molar-refractivity contribution in [2.75, 3.05) is 11.5 Å². The lowest BCUT2D eigenvalue weighted by molar-refractivity contribution is -0.137. The van der Waals surface area contributed by atoms with Gasteiger partial charge in [0.05, 0.1) is 12.2 Å². The molecule has 2 atom stereocenters. The van der Waals surface area contributed by atoms with Crippen molar-refractivity contribution in [3.05, 3.63) is 29.8 Å². The SMILES string of the molecule is CC(=O)N(c1cccc(C(F)(F)F)c1)C(C(=O)NC(C=O)CO)C(C)C. The molecule has 0 heterocycles. The third-order valence-electron chi connectivity index (χ3n) is 3.66. The molecule has 1 rings (SSSR count). The number of hydrogen-bond acceptors (Lipinski definition) is 4. The van der Waals surface area contributed by atoms with Crippen molar-refractivity contribution in [1.29, 1.82) is 0 Å². The molecule has 1 aromatic carbocycles. The number of rotatable bonds is 7. The molecule has 0 spiro atoms. The summed E-state index contributed by atoms with van der Waals surface area (Å²) in [6.07, 6.45) is -4.27. The minimum Gasteiger partial charge on any atom is -0.394 e. The molecule has 0 aliphatic rings. The Morgan fingerprint density at radius 1 is 1.31 bits per heavy atom. The van der Waals surface area contributed by atoms with Gasteiger partial charge in [-0.25, -0.2) is 0 Å². The first kappa shape index (κ1) is 21.6. The van der Waals surface area contributed by atoms with E-state index in [0.717, 1.165) is 30.0 Å². The largest absolute Gasteiger partial charge is 0.416 e. The Morgan fingerprint density at radius 2 is 1.92 bits per heavy atom. The second kappa shape index (κ2) is 8.79. The molecule has 0 saturated heterocycles. The van der Waals surface area contributed by atoms with E-state index in [1.54, 1.807) is 13.8 Å². The fourth-order valence-corrected chi connectivity index (χ4v) is 2.48. The van der Waals surface area contributed by atoms with Crippen LogP contribution in [-0.2, 0) is 20.6 Å². The third-order valence-corrected chi connectivity index (χ3v) is 3.66. The quantitative estimate of drug-likeness (QED) is 0.712. The highest BCUT2D eigenvalue weighted by molar-refractivity contribution is 6.00. The molecule has 0 bridgehead atoms. The van der Waals surface area contributed by atoms with Crippen LogP contribution in [0.3, 0.4) is 0 Å². The van der Waals surface area contributed by atoms with E-state index in [4.69, 9.17) is 5.11 Å². The summed E-state index contributed by atoms with van der Waals surface area (Å²) in [6, 6.07) is 1.76. The Hall–Kier alpha value is -2.42. The molecular formula is C17H21F3N2O4. The van der Waals surface area contributed by atoms with Gasteiger partial charge in [-0.1, -0.05) is 19.9 Å². The highest BCUT2D eigenvalue weighted by Crippen LogP contribution is 2.32. The van der Waals surface area contributed by atoms with Crippen LogP contribution in [0.4, 0.5) is 18.9 Å². The number of halogens is 3. The maximum Gasteiger partial charge on any atom is 0.416 e. The summed E-state index contributed by atoms with van der Waals surface area (Å²) in [6.45, 7) is 3.72. The van der Waals surface area contributed by atoms with Crippen LogP contribution >= 0.6 is 0 Å². The van der Waals surface area contributed by atoms with Crippen molar-refractivity contribution in [2.45, 2.75) is 39.0 Å². The second-order valence-corrected chi connectivity index (χ2v) is 6.06. The Balaban J connectivity index is 3.33. The standard InChI is InChI=1S/C17H21F3N2O4/c1-10(2)15(16(26)21-13(8-23)9-24)22(11(3)25)14-6-4-5-12(7-14)17(18,19)20/h4-8,10,13,15,24H,9H2,1-3H3,(H,21,26). The molecule has 1 aromatic rings. The van der Waals surface area contributed by atoms with E-state index in [9.17, 15) is 27.6 Å². The average molecular weight is 374 g/mol. The fourth-order valence-electron chi connectivity index (χ4n) is 2.48. The van der Waals surface area contributed by atoms with E-state index in [-0.39, 0.29) is 5.69 Å². The smallest absolute Gasteiger partial charge is 0.394 e. The molecule has 2 N–H and O–H groups in total. The maximum atomic E-state index is 13.0. The molecule has 144 valence electrons. The highest BCUT2D eigenvalue weighted by Gasteiger charge is 2.35. The van der Waals surface area contributed by atoms with Crippen molar-refractivity contribution in [2.24, 2.45) is 5.92 Å². The van der Waals surface area contributed by atoms with E-state index in [1.165, 1.54) is 6.07 Å². The first-order valence-electron chi connectivity index (χ1n) is 7.86. The van der Waals surface area contributed by atoms with E-state index in [1.807, 2.05) is 0 Å². The summed E-state index contributed by atoms with van der Waals surface area (Å²) in [5, 5.41) is 11.3. The first-order chi connectivity index (χ1) is 12.0. The normalized spacial score (nSPS) is 13.8. The zero-order valence-corrected chi connectivity index (χ0v) is 14.6. The summed E-state index contributed by atoms with van der Waals surface area (Å²) in [5.41, 5.74) is -1.04. The number of aldehydes is 1. The number of benzene rings is 1. The fraction of sp³-hybridized carbons (Fsp3) is 0.471. The number of nitrogens with one attached hydrogen (secondary N) is 1. The van der Waals surface area contributed by atoms with Crippen molar-refractivity contribution in [1.82, 2.24) is 5.32 Å². The van der Waals surface area contributed by atoms with Crippen molar-refractivity contribution >= 4 is 23.8 Å². The number of nitrogens with zero attached hydrogens (tertiary/aromatic N) is 1. The molecule has 0 aliphatic carbocycles. The lowest BCUT2D eigenvalue weighted by Crippen LogP contribution is -2.55. The molecule has 0 saturated carbocycles. The average Bonchev–Trinajstić information content (AvgIpc) is 2.55. The van der Waals surface area contributed by atoms with Crippen molar-refractivity contribution < 1.29 is 32.7 Å². The number of anilines is 1. The van der Waals surface area contributed by atoms with Crippen molar-refractivity contribution in [3.8, 4) is 0 Å². The molecule has 2 unspecified atom stereocenters. The van der Waals surface area contributed by atoms with Crippen LogP contribution in [0.5, 0.6) is 0 Å². The maximum absolute atomic E-state index is 13.0. The minimum absolute atomic E-state index is 0.0900. The van der Waals surface area contributed by atoms with Gasteiger partial charge in [0.1, 0.15) is 18.4 Å². The number of alkyl halides is 3. The van der Waals surface area contributed by atoms with Crippen molar-refractivity contribution in [3.63, 3.8) is 0 Å². The predicted molar refractivity (Wildman–Crippen MR) is 88.3 cm³/mol. The van der Waals surface area contributed by atoms with E-state index < -0.39 is 48.2 Å². The predicted octanol–water partition coefficient (Wildman–Crippen LogP) is 1.76. The number of carbonyl (C=O) groups excluding carboxylic acids is 3. The van der Waals surface area contributed by atoms with Crippen LogP contribution in [0.1, 0.15) is 26.3 Å². The van der Waals surface area contributed by atoms with E-state index in [2.05, 4.69) is 5.32 Å². The van der Waals surface area contributed by atoms with Gasteiger partial charge in [-0.2, -0.15) is 13.2 Å². The zero-order valence-electron chi connectivity index (χ0n) is 14.6. The second-order valence-electron chi connectivity index (χ2n) is 6.06. The summed E-state index contributed by atoms with van der Waals surface area (Å²) in [7, 11) is 0. The van der Waals surface area contributed by atoms with Crippen LogP contribution in [0.2, 0.25) is 0 Å². The topological polar surface area (TPSA) is 86.7 Å². The van der Waals surface area contributed by atoms with Crippen LogP contribution in [0.25, 0.3) is 0 Å². The summed E-state index contributed by atoms with van der Waals surface area (Å²) >= 11 is 0. The minimum atomic E-state index is -4.60. The summed E-state index contributed by atoms with van der Waals surface area (Å²) in [4.78, 5) is 36.4. The van der Waals surface area contributed by atoms with Gasteiger partial charge in [-0.3, -0.25) is 14.5 Å². The summed E-state index contributed by atoms with van der Waals surface area (Å²) in [5.74, 6) is -1.86. The third kappa shape index (κ3) is 5.29. The van der Waals surface area contributed by atoms with Gasteiger partial charge in [-0.05, 0) is 24.1 Å². The van der Waals surface area contributed by atoms with Crippen LogP contribution in [0.15, 0.2) is 24.3 Å². The van der Waals surface area contributed by atoms with Gasteiger partial charge in [0.25, 0.3) is 0 Å². The van der Waals surface area contributed by atoms with E-state index >= 15 is 0 Å². The molecule has 9 heteroatoms. The lowest BCUT2D eigenvalue weighted by atomic mass is 9.99. The van der Waals surface area contributed by atoms with Gasteiger partial charge >= 0.3 is 6.18 Å². The van der Waals surface area contributed by atoms with Gasteiger partial charge in [-0.15, -0.1) is 0 Å².